The number of aromatic amines is 3. The van der Waals surface area contributed by atoms with Crippen LogP contribution >= 0.6 is 0 Å². The van der Waals surface area contributed by atoms with Gasteiger partial charge in [0.15, 0.2) is 0 Å². The van der Waals surface area contributed by atoms with Crippen LogP contribution in [0.15, 0.2) is 61.8 Å². The summed E-state index contributed by atoms with van der Waals surface area (Å²) < 4.78 is 5.91. The van der Waals surface area contributed by atoms with Gasteiger partial charge in [0, 0.05) is 67.0 Å². The van der Waals surface area contributed by atoms with Crippen LogP contribution in [0.3, 0.4) is 0 Å². The third-order valence-corrected chi connectivity index (χ3v) is 9.39. The van der Waals surface area contributed by atoms with Crippen molar-refractivity contribution in [2.45, 2.75) is 115 Å². The van der Waals surface area contributed by atoms with E-state index >= 15 is 0 Å². The van der Waals surface area contributed by atoms with Crippen molar-refractivity contribution >= 4 is 23.6 Å². The Kier molecular flexibility index (Phi) is 19.1. The average molecular weight is 774 g/mol. The molecule has 16 heteroatoms. The Morgan fingerprint density at radius 3 is 1.59 bits per heavy atom. The fourth-order valence-corrected chi connectivity index (χ4v) is 6.17. The molecule has 304 valence electrons. The molecule has 0 spiro atoms. The van der Waals surface area contributed by atoms with E-state index in [4.69, 9.17) is 10.5 Å². The standard InChI is InChI=1S/C40H59N11O5/c1-2-3-4-5-6-7-8-9-12-19-56-33-15-13-29(14-16-33)37(52)49-35(21-31-24-43-27-47-31)39(54)51-36(22-32-25-44-28-48-32)40(55)50-34(20-30-23-42-26-46-30)38(53)45-18-11-10-17-41/h13-16,23-28,34-36H,2-12,17-22,41H2,1H3,(H,42,46)(H,43,47)(H,44,48)(H,45,53)(H,49,52)(H,50,55)(H,51,54)/t34-,35-,36-/m0/s1. The van der Waals surface area contributed by atoms with Gasteiger partial charge in [-0.15, -0.1) is 0 Å². The van der Waals surface area contributed by atoms with Crippen LogP contribution in [0, 0.1) is 0 Å². The number of H-pyrrole nitrogens is 3. The van der Waals surface area contributed by atoms with E-state index in [1.807, 2.05) is 0 Å². The molecule has 0 fully saturated rings. The van der Waals surface area contributed by atoms with Crippen molar-refractivity contribution in [3.8, 4) is 5.75 Å². The zero-order valence-electron chi connectivity index (χ0n) is 32.5. The maximum Gasteiger partial charge on any atom is 0.251 e. The van der Waals surface area contributed by atoms with Crippen molar-refractivity contribution in [2.75, 3.05) is 19.7 Å². The number of carbonyl (C=O) groups excluding carboxylic acids is 4. The zero-order valence-corrected chi connectivity index (χ0v) is 32.5. The van der Waals surface area contributed by atoms with Gasteiger partial charge in [0.25, 0.3) is 5.91 Å². The van der Waals surface area contributed by atoms with Crippen LogP contribution in [0.5, 0.6) is 5.75 Å². The molecule has 3 atom stereocenters. The van der Waals surface area contributed by atoms with Crippen LogP contribution in [-0.4, -0.2) is 91.4 Å². The molecule has 0 aliphatic carbocycles. The van der Waals surface area contributed by atoms with Gasteiger partial charge in [0.05, 0.1) is 25.6 Å². The van der Waals surface area contributed by atoms with E-state index < -0.39 is 35.8 Å². The van der Waals surface area contributed by atoms with Crippen LogP contribution in [0.25, 0.3) is 0 Å². The number of hydrogen-bond acceptors (Lipinski definition) is 9. The van der Waals surface area contributed by atoms with Crippen LogP contribution in [-0.2, 0) is 33.6 Å². The Balaban J connectivity index is 1.38. The van der Waals surface area contributed by atoms with Gasteiger partial charge in [-0.25, -0.2) is 15.0 Å². The third kappa shape index (κ3) is 15.7. The maximum atomic E-state index is 14.0. The van der Waals surface area contributed by atoms with Crippen molar-refractivity contribution in [3.05, 3.63) is 84.5 Å². The van der Waals surface area contributed by atoms with Gasteiger partial charge in [0.1, 0.15) is 23.9 Å². The molecule has 0 aliphatic heterocycles. The number of nitrogens with one attached hydrogen (secondary N) is 7. The summed E-state index contributed by atoms with van der Waals surface area (Å²) in [5, 5.41) is 11.3. The van der Waals surface area contributed by atoms with E-state index in [-0.39, 0.29) is 25.2 Å². The van der Waals surface area contributed by atoms with Crippen LogP contribution in [0.1, 0.15) is 105 Å². The number of benzene rings is 1. The fraction of sp³-hybridized carbons (Fsp3) is 0.525. The lowest BCUT2D eigenvalue weighted by molar-refractivity contribution is -0.132. The van der Waals surface area contributed by atoms with Crippen molar-refractivity contribution in [1.29, 1.82) is 0 Å². The quantitative estimate of drug-likeness (QED) is 0.0394. The van der Waals surface area contributed by atoms with Crippen molar-refractivity contribution < 1.29 is 23.9 Å². The number of imidazole rings is 3. The second-order valence-corrected chi connectivity index (χ2v) is 14.0. The molecule has 4 amide bonds. The second kappa shape index (κ2) is 24.8. The van der Waals surface area contributed by atoms with E-state index in [0.717, 1.165) is 19.3 Å². The van der Waals surface area contributed by atoms with Gasteiger partial charge >= 0.3 is 0 Å². The smallest absolute Gasteiger partial charge is 0.251 e. The van der Waals surface area contributed by atoms with Crippen LogP contribution < -0.4 is 31.7 Å². The number of unbranched alkanes of at least 4 members (excludes halogenated alkanes) is 9. The number of hydrogen-bond donors (Lipinski definition) is 8. The first-order valence-electron chi connectivity index (χ1n) is 19.9. The molecule has 4 aromatic rings. The number of rotatable bonds is 28. The molecule has 3 aromatic heterocycles. The Morgan fingerprint density at radius 1 is 0.625 bits per heavy atom. The van der Waals surface area contributed by atoms with E-state index in [2.05, 4.69) is 58.1 Å². The summed E-state index contributed by atoms with van der Waals surface area (Å²) in [6.45, 7) is 3.73. The first kappa shape index (κ1) is 43.2. The monoisotopic (exact) mass is 773 g/mol. The zero-order chi connectivity index (χ0) is 39.8. The van der Waals surface area contributed by atoms with Gasteiger partial charge in [-0.05, 0) is 50.1 Å². The first-order chi connectivity index (χ1) is 27.4. The van der Waals surface area contributed by atoms with E-state index in [9.17, 15) is 19.2 Å². The molecule has 4 rings (SSSR count). The lowest BCUT2D eigenvalue weighted by Crippen LogP contribution is -2.58. The number of aromatic nitrogens is 6. The summed E-state index contributed by atoms with van der Waals surface area (Å²) in [4.78, 5) is 75.7. The number of ether oxygens (including phenoxy) is 1. The molecule has 0 radical (unpaired) electrons. The molecule has 0 saturated heterocycles. The Morgan fingerprint density at radius 2 is 1.11 bits per heavy atom. The summed E-state index contributed by atoms with van der Waals surface area (Å²) in [6, 6.07) is 3.59. The number of carbonyl (C=O) groups is 4. The Labute approximate surface area is 328 Å². The van der Waals surface area contributed by atoms with Gasteiger partial charge in [0.2, 0.25) is 17.7 Å². The number of nitrogens with zero attached hydrogens (tertiary/aromatic N) is 3. The highest BCUT2D eigenvalue weighted by molar-refractivity contribution is 5.99. The topological polar surface area (TPSA) is 238 Å². The molecule has 0 unspecified atom stereocenters. The minimum Gasteiger partial charge on any atom is -0.494 e. The molecule has 0 bridgehead atoms. The predicted molar refractivity (Wildman–Crippen MR) is 212 cm³/mol. The summed E-state index contributed by atoms with van der Waals surface area (Å²) in [6.07, 6.45) is 21.9. The molecule has 3 heterocycles. The number of nitrogens with two attached hydrogens (primary N) is 1. The summed E-state index contributed by atoms with van der Waals surface area (Å²) >= 11 is 0. The molecule has 0 aliphatic rings. The van der Waals surface area contributed by atoms with Crippen molar-refractivity contribution in [1.82, 2.24) is 51.2 Å². The minimum absolute atomic E-state index is 0.0394. The van der Waals surface area contributed by atoms with E-state index in [1.54, 1.807) is 42.9 Å². The van der Waals surface area contributed by atoms with Crippen molar-refractivity contribution in [2.24, 2.45) is 5.73 Å². The molecule has 9 N–H and O–H groups in total. The highest BCUT2D eigenvalue weighted by atomic mass is 16.5. The minimum atomic E-state index is -1.14. The first-order valence-corrected chi connectivity index (χ1v) is 19.9. The third-order valence-electron chi connectivity index (χ3n) is 9.39. The fourth-order valence-electron chi connectivity index (χ4n) is 6.17. The van der Waals surface area contributed by atoms with Crippen molar-refractivity contribution in [3.63, 3.8) is 0 Å². The Bertz CT molecular complexity index is 1680. The molecule has 56 heavy (non-hydrogen) atoms. The summed E-state index contributed by atoms with van der Waals surface area (Å²) in [5.41, 5.74) is 7.76. The van der Waals surface area contributed by atoms with Gasteiger partial charge in [-0.3, -0.25) is 19.2 Å². The second-order valence-electron chi connectivity index (χ2n) is 14.0. The van der Waals surface area contributed by atoms with E-state index in [1.165, 1.54) is 63.9 Å². The van der Waals surface area contributed by atoms with Gasteiger partial charge < -0.3 is 46.7 Å². The normalized spacial score (nSPS) is 12.7. The summed E-state index contributed by atoms with van der Waals surface area (Å²) in [7, 11) is 0. The molecule has 1 aromatic carbocycles. The lowest BCUT2D eigenvalue weighted by atomic mass is 10.1. The largest absolute Gasteiger partial charge is 0.494 e. The highest BCUT2D eigenvalue weighted by Crippen LogP contribution is 2.15. The summed E-state index contributed by atoms with van der Waals surface area (Å²) in [5.74, 6) is -1.41. The molecule has 16 nitrogen and oxygen atoms in total. The maximum absolute atomic E-state index is 14.0. The van der Waals surface area contributed by atoms with Gasteiger partial charge in [-0.2, -0.15) is 0 Å². The SMILES string of the molecule is CCCCCCCCCCCOc1ccc(C(=O)N[C@@H](Cc2cnc[nH]2)C(=O)N[C@@H](Cc2cnc[nH]2)C(=O)N[C@@H](Cc2cnc[nH]2)C(=O)NCCCCN)cc1. The molecular weight excluding hydrogens is 715 g/mol. The Hall–Kier alpha value is -5.51. The van der Waals surface area contributed by atoms with E-state index in [0.29, 0.717) is 54.5 Å². The predicted octanol–water partition coefficient (Wildman–Crippen LogP) is 3.42. The average Bonchev–Trinajstić information content (AvgIpc) is 4.02. The number of amides is 4. The van der Waals surface area contributed by atoms with Gasteiger partial charge in [-0.1, -0.05) is 58.3 Å². The molecular formula is C40H59N11O5. The lowest BCUT2D eigenvalue weighted by Gasteiger charge is -2.25. The van der Waals surface area contributed by atoms with Crippen LogP contribution in [0.4, 0.5) is 0 Å². The highest BCUT2D eigenvalue weighted by Gasteiger charge is 2.31. The molecule has 0 saturated carbocycles. The van der Waals surface area contributed by atoms with Crippen LogP contribution in [0.2, 0.25) is 0 Å².